The number of fused-ring (bicyclic) bond motifs is 4. The number of alkyl halides is 2. The van der Waals surface area contributed by atoms with Gasteiger partial charge in [-0.25, -0.2) is 22.0 Å². The third-order valence-corrected chi connectivity index (χ3v) is 9.90. The van der Waals surface area contributed by atoms with Crippen LogP contribution < -0.4 is 14.4 Å². The lowest BCUT2D eigenvalue weighted by atomic mass is 9.95. The van der Waals surface area contributed by atoms with E-state index >= 15 is 17.6 Å². The first-order chi connectivity index (χ1) is 24.1. The summed E-state index contributed by atoms with van der Waals surface area (Å²) in [7, 11) is -3.31. The summed E-state index contributed by atoms with van der Waals surface area (Å²) in [6, 6.07) is 2.21. The SMILES string of the molecule is [2H]C([2H])([2H])Oc1c(F)c(F)c(F)c2cccc(-c3ncc4c(N5CCCC[C@H]6[C@H](F)[C@H]65)nc(OC([2H])([2H])[C@@]56CCCN5C[C@H](F)C6)nc4c3F)c12. The van der Waals surface area contributed by atoms with Gasteiger partial charge in [0.05, 0.1) is 30.9 Å². The van der Waals surface area contributed by atoms with Gasteiger partial charge in [0.25, 0.3) is 0 Å². The summed E-state index contributed by atoms with van der Waals surface area (Å²) in [6.45, 7) is -1.75. The van der Waals surface area contributed by atoms with E-state index in [-0.39, 0.29) is 42.1 Å². The van der Waals surface area contributed by atoms with Gasteiger partial charge in [-0.15, -0.1) is 0 Å². The van der Waals surface area contributed by atoms with E-state index in [1.54, 1.807) is 9.80 Å². The van der Waals surface area contributed by atoms with Crippen molar-refractivity contribution in [3.05, 3.63) is 47.7 Å². The maximum Gasteiger partial charge on any atom is 0.319 e. The summed E-state index contributed by atoms with van der Waals surface area (Å²) in [5.74, 6) is -8.28. The second-order valence-corrected chi connectivity index (χ2v) is 12.5. The topological polar surface area (TPSA) is 63.6 Å². The van der Waals surface area contributed by atoms with Gasteiger partial charge in [0.1, 0.15) is 35.9 Å². The average molecular weight is 649 g/mol. The Morgan fingerprint density at radius 3 is 2.74 bits per heavy atom. The zero-order chi connectivity index (χ0) is 36.2. The number of aromatic nitrogens is 3. The van der Waals surface area contributed by atoms with Crippen LogP contribution in [0.2, 0.25) is 0 Å². The Hall–Kier alpha value is -3.87. The van der Waals surface area contributed by atoms with Crippen LogP contribution >= 0.6 is 0 Å². The second-order valence-electron chi connectivity index (χ2n) is 12.5. The average Bonchev–Trinajstić information content (AvgIpc) is 3.43. The summed E-state index contributed by atoms with van der Waals surface area (Å²) in [5, 5.41) is -1.24. The zero-order valence-corrected chi connectivity index (χ0v) is 24.3. The fourth-order valence-corrected chi connectivity index (χ4v) is 7.68. The summed E-state index contributed by atoms with van der Waals surface area (Å²) < 4.78 is 143. The molecule has 4 aromatic rings. The van der Waals surface area contributed by atoms with E-state index < -0.39 is 94.5 Å². The van der Waals surface area contributed by atoms with E-state index in [4.69, 9.17) is 16.3 Å². The molecule has 7 nitrogen and oxygen atoms in total. The van der Waals surface area contributed by atoms with Crippen molar-refractivity contribution in [3.63, 3.8) is 0 Å². The number of ether oxygens (including phenoxy) is 2. The molecule has 0 radical (unpaired) electrons. The number of halogens is 6. The van der Waals surface area contributed by atoms with E-state index in [1.165, 1.54) is 18.3 Å². The van der Waals surface area contributed by atoms with Gasteiger partial charge in [-0.2, -0.15) is 14.4 Å². The first kappa shape index (κ1) is 24.3. The maximum atomic E-state index is 17.0. The highest BCUT2D eigenvalue weighted by Gasteiger charge is 2.56. The molecular formula is C33H31F6N5O2. The molecule has 1 saturated carbocycles. The van der Waals surface area contributed by atoms with Crippen LogP contribution in [0.25, 0.3) is 32.9 Å². The van der Waals surface area contributed by atoms with Crippen LogP contribution in [-0.4, -0.2) is 77.0 Å². The van der Waals surface area contributed by atoms with E-state index in [0.717, 1.165) is 12.5 Å². The lowest BCUT2D eigenvalue weighted by Crippen LogP contribution is -2.43. The van der Waals surface area contributed by atoms with Gasteiger partial charge in [0.2, 0.25) is 5.82 Å². The van der Waals surface area contributed by atoms with E-state index in [0.29, 0.717) is 32.4 Å². The van der Waals surface area contributed by atoms with Crippen LogP contribution in [0.4, 0.5) is 32.2 Å². The van der Waals surface area contributed by atoms with Crippen LogP contribution in [0.15, 0.2) is 24.4 Å². The van der Waals surface area contributed by atoms with Crippen molar-refractivity contribution >= 4 is 27.5 Å². The largest absolute Gasteiger partial charge is 0.493 e. The first-order valence-corrected chi connectivity index (χ1v) is 15.3. The van der Waals surface area contributed by atoms with Gasteiger partial charge in [-0.1, -0.05) is 24.6 Å². The highest BCUT2D eigenvalue weighted by atomic mass is 19.2. The Balaban J connectivity index is 1.33. The van der Waals surface area contributed by atoms with Crippen LogP contribution in [0.5, 0.6) is 11.8 Å². The van der Waals surface area contributed by atoms with Crippen molar-refractivity contribution in [2.75, 3.05) is 38.1 Å². The number of methoxy groups -OCH3 is 1. The number of hydrogen-bond acceptors (Lipinski definition) is 7. The number of nitrogens with zero attached hydrogens (tertiary/aromatic N) is 5. The molecule has 46 heavy (non-hydrogen) atoms. The number of rotatable bonds is 6. The molecule has 3 aliphatic heterocycles. The minimum Gasteiger partial charge on any atom is -0.493 e. The third kappa shape index (κ3) is 4.40. The van der Waals surface area contributed by atoms with Gasteiger partial charge >= 0.3 is 6.01 Å². The summed E-state index contributed by atoms with van der Waals surface area (Å²) in [5.41, 5.74) is -2.77. The lowest BCUT2D eigenvalue weighted by molar-refractivity contribution is 0.107. The first-order valence-electron chi connectivity index (χ1n) is 17.8. The maximum absolute atomic E-state index is 17.0. The molecule has 5 heterocycles. The molecule has 5 atom stereocenters. The normalized spacial score (nSPS) is 29.8. The smallest absolute Gasteiger partial charge is 0.319 e. The molecule has 2 aromatic carbocycles. The van der Waals surface area contributed by atoms with Crippen molar-refractivity contribution in [1.29, 1.82) is 0 Å². The predicted octanol–water partition coefficient (Wildman–Crippen LogP) is 6.69. The third-order valence-electron chi connectivity index (χ3n) is 9.90. The minimum atomic E-state index is -3.31. The summed E-state index contributed by atoms with van der Waals surface area (Å²) in [6.07, 6.45) is 1.45. The molecule has 4 fully saturated rings. The molecule has 0 amide bonds. The molecule has 0 bridgehead atoms. The van der Waals surface area contributed by atoms with Crippen molar-refractivity contribution in [2.45, 2.75) is 62.4 Å². The van der Waals surface area contributed by atoms with Gasteiger partial charge in [-0.3, -0.25) is 9.88 Å². The van der Waals surface area contributed by atoms with Gasteiger partial charge in [0, 0.05) is 48.0 Å². The van der Waals surface area contributed by atoms with Gasteiger partial charge < -0.3 is 14.4 Å². The molecule has 4 aliphatic rings. The highest BCUT2D eigenvalue weighted by molar-refractivity contribution is 6.02. The Bertz CT molecular complexity index is 2080. The van der Waals surface area contributed by atoms with E-state index in [1.807, 2.05) is 0 Å². The fourth-order valence-electron chi connectivity index (χ4n) is 7.68. The zero-order valence-electron chi connectivity index (χ0n) is 29.3. The minimum absolute atomic E-state index is 0.00290. The molecule has 3 saturated heterocycles. The molecule has 2 aromatic heterocycles. The number of benzene rings is 2. The molecule has 0 spiro atoms. The molecule has 242 valence electrons. The Morgan fingerprint density at radius 1 is 1.02 bits per heavy atom. The molecule has 1 aliphatic carbocycles. The van der Waals surface area contributed by atoms with Crippen LogP contribution in [-0.2, 0) is 0 Å². The van der Waals surface area contributed by atoms with Crippen molar-refractivity contribution in [3.8, 4) is 23.0 Å². The van der Waals surface area contributed by atoms with Crippen molar-refractivity contribution < 1.29 is 42.7 Å². The van der Waals surface area contributed by atoms with Crippen molar-refractivity contribution in [1.82, 2.24) is 19.9 Å². The Morgan fingerprint density at radius 2 is 1.89 bits per heavy atom. The molecular weight excluding hydrogens is 612 g/mol. The van der Waals surface area contributed by atoms with Crippen LogP contribution in [0.1, 0.15) is 45.4 Å². The summed E-state index contributed by atoms with van der Waals surface area (Å²) >= 11 is 0. The van der Waals surface area contributed by atoms with Crippen LogP contribution in [0.3, 0.4) is 0 Å². The Labute approximate surface area is 267 Å². The molecule has 0 unspecified atom stereocenters. The molecule has 8 rings (SSSR count). The predicted molar refractivity (Wildman–Crippen MR) is 159 cm³/mol. The lowest BCUT2D eigenvalue weighted by Gasteiger charge is -2.31. The monoisotopic (exact) mass is 648 g/mol. The standard InChI is InChI=1S/C33H31F6N5O2/c1-45-30-21-17(22(35)24(37)25(30)38)7-4-8-18(21)27-26(39)28-20(13-40-27)31(44-11-3-2-6-19-23(36)29(19)44)42-32(41-28)46-15-33-9-5-10-43(33)14-16(34)12-33/h4,7-8,13,16,19,23,29H,2-3,5-6,9-12,14-15H2,1H3/t16-,19+,23+,29+,33+/m1/s1/i1D3,15D2. The number of hydrogen-bond donors (Lipinski definition) is 0. The van der Waals surface area contributed by atoms with Crippen LogP contribution in [0, 0.1) is 29.2 Å². The highest BCUT2D eigenvalue weighted by Crippen LogP contribution is 2.48. The van der Waals surface area contributed by atoms with E-state index in [9.17, 15) is 8.78 Å². The Kier molecular flexibility index (Phi) is 5.74. The van der Waals surface area contributed by atoms with E-state index in [2.05, 4.69) is 15.0 Å². The molecule has 13 heteroatoms. The number of pyridine rings is 1. The fraction of sp³-hybridized carbons (Fsp3) is 0.485. The van der Waals surface area contributed by atoms with Gasteiger partial charge in [-0.05, 0) is 32.2 Å². The summed E-state index contributed by atoms with van der Waals surface area (Å²) in [4.78, 5) is 16.3. The second kappa shape index (κ2) is 10.9. The quantitative estimate of drug-likeness (QED) is 0.171. The van der Waals surface area contributed by atoms with Crippen molar-refractivity contribution in [2.24, 2.45) is 5.92 Å². The molecule has 0 N–H and O–H groups in total. The number of anilines is 1. The van der Waals surface area contributed by atoms with Gasteiger partial charge in [0.15, 0.2) is 23.2 Å².